The van der Waals surface area contributed by atoms with E-state index in [-0.39, 0.29) is 0 Å². The molecule has 0 bridgehead atoms. The summed E-state index contributed by atoms with van der Waals surface area (Å²) >= 11 is 0. The quantitative estimate of drug-likeness (QED) is 0.481. The highest BCUT2D eigenvalue weighted by Gasteiger charge is 2.37. The Morgan fingerprint density at radius 3 is 1.91 bits per heavy atom. The standard InChI is InChI=1S/C8H13N3/c9-7-5-3-1-2-4-6(5)8(10)11-7/h5-6H,1-4H2,(H3,9,10,11)/t5-,6?/m0/s1. The van der Waals surface area contributed by atoms with Crippen LogP contribution in [-0.2, 0) is 0 Å². The Bertz CT molecular complexity index is 187. The zero-order valence-corrected chi connectivity index (χ0v) is 6.48. The summed E-state index contributed by atoms with van der Waals surface area (Å²) in [6, 6.07) is 0. The van der Waals surface area contributed by atoms with E-state index < -0.39 is 0 Å². The molecule has 1 unspecified atom stereocenters. The predicted molar refractivity (Wildman–Crippen MR) is 44.0 cm³/mol. The van der Waals surface area contributed by atoms with Crippen LogP contribution in [-0.4, -0.2) is 11.7 Å². The third kappa shape index (κ3) is 0.951. The highest BCUT2D eigenvalue weighted by Crippen LogP contribution is 2.33. The van der Waals surface area contributed by atoms with Crippen LogP contribution >= 0.6 is 0 Å². The number of rotatable bonds is 0. The van der Waals surface area contributed by atoms with Crippen LogP contribution in [0.25, 0.3) is 0 Å². The van der Waals surface area contributed by atoms with E-state index in [1.807, 2.05) is 0 Å². The SMILES string of the molecule is N=C1NC(=N)[C@H]2CCCCC12. The zero-order valence-electron chi connectivity index (χ0n) is 6.48. The number of nitrogens with one attached hydrogen (secondary N) is 3. The molecule has 3 N–H and O–H groups in total. The topological polar surface area (TPSA) is 59.7 Å². The van der Waals surface area contributed by atoms with Crippen molar-refractivity contribution in [1.29, 1.82) is 10.8 Å². The van der Waals surface area contributed by atoms with Gasteiger partial charge in [0.05, 0.1) is 0 Å². The van der Waals surface area contributed by atoms with Crippen molar-refractivity contribution in [1.82, 2.24) is 5.32 Å². The molecule has 2 atom stereocenters. The van der Waals surface area contributed by atoms with Gasteiger partial charge in [0.1, 0.15) is 11.7 Å². The van der Waals surface area contributed by atoms with Crippen molar-refractivity contribution >= 4 is 11.7 Å². The number of hydrogen-bond donors (Lipinski definition) is 3. The molecule has 2 fully saturated rings. The van der Waals surface area contributed by atoms with Crippen LogP contribution < -0.4 is 5.32 Å². The van der Waals surface area contributed by atoms with Gasteiger partial charge in [0.25, 0.3) is 0 Å². The lowest BCUT2D eigenvalue weighted by Gasteiger charge is -2.22. The van der Waals surface area contributed by atoms with Gasteiger partial charge in [0, 0.05) is 11.8 Å². The van der Waals surface area contributed by atoms with E-state index >= 15 is 0 Å². The third-order valence-corrected chi connectivity index (χ3v) is 2.78. The van der Waals surface area contributed by atoms with Crippen molar-refractivity contribution in [2.24, 2.45) is 11.8 Å². The van der Waals surface area contributed by atoms with Crippen LogP contribution in [0.1, 0.15) is 25.7 Å². The van der Waals surface area contributed by atoms with Crippen LogP contribution in [0.15, 0.2) is 0 Å². The summed E-state index contributed by atoms with van der Waals surface area (Å²) in [5, 5.41) is 17.9. The minimum absolute atomic E-state index is 0.358. The molecule has 0 amide bonds. The second-order valence-corrected chi connectivity index (χ2v) is 3.45. The molecule has 1 saturated heterocycles. The Kier molecular flexibility index (Phi) is 1.44. The lowest BCUT2D eigenvalue weighted by atomic mass is 9.81. The number of hydrogen-bond acceptors (Lipinski definition) is 2. The van der Waals surface area contributed by atoms with Crippen LogP contribution in [0.4, 0.5) is 0 Å². The fourth-order valence-electron chi connectivity index (χ4n) is 2.15. The molecule has 0 aromatic rings. The molecule has 0 radical (unpaired) electrons. The molecule has 1 heterocycles. The zero-order chi connectivity index (χ0) is 7.84. The summed E-state index contributed by atoms with van der Waals surface area (Å²) in [7, 11) is 0. The fraction of sp³-hybridized carbons (Fsp3) is 0.750. The normalized spacial score (nSPS) is 36.7. The predicted octanol–water partition coefficient (Wildman–Crippen LogP) is 1.35. The highest BCUT2D eigenvalue weighted by atomic mass is 15.0. The Labute approximate surface area is 66.2 Å². The van der Waals surface area contributed by atoms with E-state index in [0.29, 0.717) is 23.5 Å². The average Bonchev–Trinajstić information content (AvgIpc) is 2.30. The van der Waals surface area contributed by atoms with Gasteiger partial charge in [-0.15, -0.1) is 0 Å². The van der Waals surface area contributed by atoms with Crippen LogP contribution in [0.2, 0.25) is 0 Å². The molecular weight excluding hydrogens is 138 g/mol. The van der Waals surface area contributed by atoms with Gasteiger partial charge in [-0.2, -0.15) is 0 Å². The molecule has 0 spiro atoms. The maximum atomic E-state index is 7.55. The number of fused-ring (bicyclic) bond motifs is 1. The minimum Gasteiger partial charge on any atom is -0.332 e. The molecule has 60 valence electrons. The Morgan fingerprint density at radius 2 is 1.45 bits per heavy atom. The van der Waals surface area contributed by atoms with Gasteiger partial charge in [0.2, 0.25) is 0 Å². The molecular formula is C8H13N3. The smallest absolute Gasteiger partial charge is 0.102 e. The van der Waals surface area contributed by atoms with Crippen molar-refractivity contribution in [3.63, 3.8) is 0 Å². The third-order valence-electron chi connectivity index (χ3n) is 2.78. The molecule has 11 heavy (non-hydrogen) atoms. The van der Waals surface area contributed by atoms with E-state index in [1.54, 1.807) is 0 Å². The summed E-state index contributed by atoms with van der Waals surface area (Å²) in [4.78, 5) is 0. The molecule has 1 saturated carbocycles. The first-order valence-corrected chi connectivity index (χ1v) is 4.23. The maximum absolute atomic E-state index is 7.55. The lowest BCUT2D eigenvalue weighted by Crippen LogP contribution is -2.20. The second-order valence-electron chi connectivity index (χ2n) is 3.45. The highest BCUT2D eigenvalue weighted by molar-refractivity contribution is 6.07. The molecule has 3 heteroatoms. The molecule has 3 nitrogen and oxygen atoms in total. The van der Waals surface area contributed by atoms with Gasteiger partial charge < -0.3 is 5.32 Å². The summed E-state index contributed by atoms with van der Waals surface area (Å²) < 4.78 is 0. The molecule has 1 aliphatic heterocycles. The van der Waals surface area contributed by atoms with E-state index in [2.05, 4.69) is 5.32 Å². The largest absolute Gasteiger partial charge is 0.332 e. The lowest BCUT2D eigenvalue weighted by molar-refractivity contribution is 0.384. The van der Waals surface area contributed by atoms with Gasteiger partial charge in [-0.1, -0.05) is 12.8 Å². The molecule has 1 aliphatic carbocycles. The number of amidine groups is 2. The van der Waals surface area contributed by atoms with Crippen LogP contribution in [0, 0.1) is 22.7 Å². The Balaban J connectivity index is 2.19. The van der Waals surface area contributed by atoms with Gasteiger partial charge >= 0.3 is 0 Å². The van der Waals surface area contributed by atoms with Gasteiger partial charge in [-0.25, -0.2) is 0 Å². The van der Waals surface area contributed by atoms with E-state index in [1.165, 1.54) is 12.8 Å². The molecule has 2 rings (SSSR count). The summed E-state index contributed by atoms with van der Waals surface area (Å²) in [6.45, 7) is 0. The van der Waals surface area contributed by atoms with E-state index in [4.69, 9.17) is 10.8 Å². The van der Waals surface area contributed by atoms with Gasteiger partial charge in [-0.05, 0) is 12.8 Å². The average molecular weight is 151 g/mol. The maximum Gasteiger partial charge on any atom is 0.102 e. The minimum atomic E-state index is 0.358. The first kappa shape index (κ1) is 6.83. The van der Waals surface area contributed by atoms with Crippen molar-refractivity contribution in [3.05, 3.63) is 0 Å². The van der Waals surface area contributed by atoms with Gasteiger partial charge in [0.15, 0.2) is 0 Å². The Hall–Kier alpha value is -0.860. The van der Waals surface area contributed by atoms with Crippen molar-refractivity contribution < 1.29 is 0 Å². The van der Waals surface area contributed by atoms with Crippen molar-refractivity contribution in [3.8, 4) is 0 Å². The fourth-order valence-corrected chi connectivity index (χ4v) is 2.15. The van der Waals surface area contributed by atoms with Crippen molar-refractivity contribution in [2.75, 3.05) is 0 Å². The van der Waals surface area contributed by atoms with Crippen LogP contribution in [0.3, 0.4) is 0 Å². The summed E-state index contributed by atoms with van der Waals surface area (Å²) in [5.41, 5.74) is 0. The van der Waals surface area contributed by atoms with Gasteiger partial charge in [-0.3, -0.25) is 10.8 Å². The first-order valence-electron chi connectivity index (χ1n) is 4.23. The molecule has 2 aliphatic rings. The monoisotopic (exact) mass is 151 g/mol. The van der Waals surface area contributed by atoms with Crippen LogP contribution in [0.5, 0.6) is 0 Å². The summed E-state index contributed by atoms with van der Waals surface area (Å²) in [5.74, 6) is 1.88. The Morgan fingerprint density at radius 1 is 1.00 bits per heavy atom. The molecule has 0 aromatic carbocycles. The summed E-state index contributed by atoms with van der Waals surface area (Å²) in [6.07, 6.45) is 4.69. The van der Waals surface area contributed by atoms with E-state index in [0.717, 1.165) is 12.8 Å². The first-order chi connectivity index (χ1) is 5.29. The second kappa shape index (κ2) is 2.32. The van der Waals surface area contributed by atoms with E-state index in [9.17, 15) is 0 Å². The van der Waals surface area contributed by atoms with Crippen molar-refractivity contribution in [2.45, 2.75) is 25.7 Å². The molecule has 0 aromatic heterocycles.